The summed E-state index contributed by atoms with van der Waals surface area (Å²) in [6.45, 7) is 5.36. The number of hydrogen-bond donors (Lipinski definition) is 2. The Balaban J connectivity index is 1.51. The van der Waals surface area contributed by atoms with Crippen LogP contribution in [0.1, 0.15) is 27.8 Å². The van der Waals surface area contributed by atoms with E-state index in [0.29, 0.717) is 50.5 Å². The van der Waals surface area contributed by atoms with E-state index >= 15 is 0 Å². The first-order valence-corrected chi connectivity index (χ1v) is 9.30. The molecule has 3 amide bonds. The van der Waals surface area contributed by atoms with Gasteiger partial charge in [-0.05, 0) is 43.3 Å². The highest BCUT2D eigenvalue weighted by Gasteiger charge is 2.23. The molecule has 1 saturated heterocycles. The molecule has 1 fully saturated rings. The van der Waals surface area contributed by atoms with Gasteiger partial charge in [0.15, 0.2) is 5.76 Å². The maximum atomic E-state index is 12.7. The molecule has 28 heavy (non-hydrogen) atoms. The van der Waals surface area contributed by atoms with Crippen LogP contribution in [-0.4, -0.2) is 66.8 Å². The van der Waals surface area contributed by atoms with E-state index in [9.17, 15) is 14.4 Å². The van der Waals surface area contributed by atoms with Gasteiger partial charge in [-0.25, -0.2) is 0 Å². The van der Waals surface area contributed by atoms with Gasteiger partial charge in [0.25, 0.3) is 11.8 Å². The number of carbonyl (C=O) groups excluding carboxylic acids is 3. The first-order chi connectivity index (χ1) is 13.6. The Morgan fingerprint density at radius 3 is 2.36 bits per heavy atom. The molecule has 2 N–H and O–H groups in total. The molecule has 3 rings (SSSR count). The van der Waals surface area contributed by atoms with E-state index in [0.717, 1.165) is 0 Å². The topological polar surface area (TPSA) is 94.9 Å². The molecular weight excluding hydrogens is 360 g/mol. The summed E-state index contributed by atoms with van der Waals surface area (Å²) in [5.74, 6) is -0.158. The molecule has 0 spiro atoms. The van der Waals surface area contributed by atoms with Gasteiger partial charge in [0.2, 0.25) is 5.91 Å². The first kappa shape index (κ1) is 19.6. The smallest absolute Gasteiger partial charge is 0.291 e. The Hall–Kier alpha value is -3.13. The zero-order chi connectivity index (χ0) is 19.9. The van der Waals surface area contributed by atoms with Crippen molar-refractivity contribution in [3.63, 3.8) is 0 Å². The predicted molar refractivity (Wildman–Crippen MR) is 104 cm³/mol. The average Bonchev–Trinajstić information content (AvgIpc) is 3.24. The predicted octanol–water partition coefficient (Wildman–Crippen LogP) is 1.43. The van der Waals surface area contributed by atoms with Crippen molar-refractivity contribution in [2.24, 2.45) is 0 Å². The summed E-state index contributed by atoms with van der Waals surface area (Å²) in [4.78, 5) is 40.1. The number of furan rings is 1. The third-order valence-corrected chi connectivity index (χ3v) is 4.54. The Kier molecular flexibility index (Phi) is 6.44. The van der Waals surface area contributed by atoms with Gasteiger partial charge in [-0.1, -0.05) is 0 Å². The number of nitrogens with zero attached hydrogens (tertiary/aromatic N) is 2. The molecule has 0 saturated carbocycles. The van der Waals surface area contributed by atoms with E-state index in [2.05, 4.69) is 10.6 Å². The van der Waals surface area contributed by atoms with Crippen molar-refractivity contribution in [1.82, 2.24) is 15.1 Å². The van der Waals surface area contributed by atoms with Crippen LogP contribution in [0.15, 0.2) is 47.1 Å². The molecule has 1 aliphatic heterocycles. The third-order valence-electron chi connectivity index (χ3n) is 4.54. The highest BCUT2D eigenvalue weighted by atomic mass is 16.3. The van der Waals surface area contributed by atoms with E-state index in [1.54, 1.807) is 41.3 Å². The maximum absolute atomic E-state index is 12.7. The number of amides is 3. The normalized spacial score (nSPS) is 14.5. The van der Waals surface area contributed by atoms with Crippen LogP contribution < -0.4 is 10.6 Å². The van der Waals surface area contributed by atoms with Gasteiger partial charge in [-0.2, -0.15) is 0 Å². The van der Waals surface area contributed by atoms with Crippen LogP contribution in [0.2, 0.25) is 0 Å². The second kappa shape index (κ2) is 9.18. The van der Waals surface area contributed by atoms with E-state index in [1.165, 1.54) is 6.26 Å². The molecule has 1 aromatic heterocycles. The molecule has 0 radical (unpaired) electrons. The second-order valence-electron chi connectivity index (χ2n) is 6.53. The number of benzene rings is 1. The van der Waals surface area contributed by atoms with Crippen molar-refractivity contribution in [3.8, 4) is 0 Å². The lowest BCUT2D eigenvalue weighted by Crippen LogP contribution is -2.51. The fraction of sp³-hybridized carbons (Fsp3) is 0.350. The fourth-order valence-electron chi connectivity index (χ4n) is 3.04. The van der Waals surface area contributed by atoms with Crippen LogP contribution in [0.25, 0.3) is 0 Å². The molecule has 8 nitrogen and oxygen atoms in total. The van der Waals surface area contributed by atoms with Gasteiger partial charge in [-0.15, -0.1) is 0 Å². The minimum absolute atomic E-state index is 0.00876. The van der Waals surface area contributed by atoms with Crippen LogP contribution in [0, 0.1) is 0 Å². The summed E-state index contributed by atoms with van der Waals surface area (Å²) in [6, 6.07) is 10.0. The Morgan fingerprint density at radius 2 is 1.75 bits per heavy atom. The molecule has 2 aromatic rings. The van der Waals surface area contributed by atoms with Crippen molar-refractivity contribution in [2.75, 3.05) is 44.6 Å². The SMILES string of the molecule is CCNC(=O)CN1CCN(C(=O)c2ccc(NC(=O)c3ccco3)cc2)CC1. The molecule has 0 atom stereocenters. The summed E-state index contributed by atoms with van der Waals surface area (Å²) in [5, 5.41) is 5.51. The summed E-state index contributed by atoms with van der Waals surface area (Å²) in [7, 11) is 0. The molecule has 2 heterocycles. The standard InChI is InChI=1S/C20H24N4O4/c1-2-21-18(25)14-23-9-11-24(12-10-23)20(27)15-5-7-16(8-6-15)22-19(26)17-4-3-13-28-17/h3-8,13H,2,9-12,14H2,1H3,(H,21,25)(H,22,26). The van der Waals surface area contributed by atoms with Crippen molar-refractivity contribution in [3.05, 3.63) is 54.0 Å². The highest BCUT2D eigenvalue weighted by Crippen LogP contribution is 2.14. The molecule has 148 valence electrons. The van der Waals surface area contributed by atoms with Crippen LogP contribution in [-0.2, 0) is 4.79 Å². The lowest BCUT2D eigenvalue weighted by molar-refractivity contribution is -0.122. The number of anilines is 1. The zero-order valence-corrected chi connectivity index (χ0v) is 15.8. The fourth-order valence-corrected chi connectivity index (χ4v) is 3.04. The lowest BCUT2D eigenvalue weighted by Gasteiger charge is -2.34. The van der Waals surface area contributed by atoms with Gasteiger partial charge < -0.3 is 20.0 Å². The number of likely N-dealkylation sites (N-methyl/N-ethyl adjacent to an activating group) is 1. The Morgan fingerprint density at radius 1 is 1.04 bits per heavy atom. The lowest BCUT2D eigenvalue weighted by atomic mass is 10.1. The zero-order valence-electron chi connectivity index (χ0n) is 15.8. The van der Waals surface area contributed by atoms with E-state index in [-0.39, 0.29) is 23.5 Å². The van der Waals surface area contributed by atoms with E-state index < -0.39 is 0 Å². The number of carbonyl (C=O) groups is 3. The summed E-state index contributed by atoms with van der Waals surface area (Å²) < 4.78 is 5.05. The quantitative estimate of drug-likeness (QED) is 0.786. The molecule has 0 bridgehead atoms. The summed E-state index contributed by atoms with van der Waals surface area (Å²) >= 11 is 0. The van der Waals surface area contributed by atoms with E-state index in [1.807, 2.05) is 11.8 Å². The molecule has 0 unspecified atom stereocenters. The third kappa shape index (κ3) is 4.98. The van der Waals surface area contributed by atoms with Crippen LogP contribution in [0.4, 0.5) is 5.69 Å². The highest BCUT2D eigenvalue weighted by molar-refractivity contribution is 6.02. The van der Waals surface area contributed by atoms with Gasteiger partial charge in [-0.3, -0.25) is 19.3 Å². The molecular formula is C20H24N4O4. The van der Waals surface area contributed by atoms with Crippen LogP contribution in [0.5, 0.6) is 0 Å². The molecule has 1 aliphatic rings. The molecule has 8 heteroatoms. The monoisotopic (exact) mass is 384 g/mol. The Bertz CT molecular complexity index is 809. The van der Waals surface area contributed by atoms with Crippen LogP contribution in [0.3, 0.4) is 0 Å². The van der Waals surface area contributed by atoms with Gasteiger partial charge in [0.1, 0.15) is 0 Å². The molecule has 1 aromatic carbocycles. The number of rotatable bonds is 6. The maximum Gasteiger partial charge on any atom is 0.291 e. The van der Waals surface area contributed by atoms with Crippen molar-refractivity contribution in [1.29, 1.82) is 0 Å². The number of nitrogens with one attached hydrogen (secondary N) is 2. The van der Waals surface area contributed by atoms with Crippen molar-refractivity contribution >= 4 is 23.4 Å². The average molecular weight is 384 g/mol. The Labute approximate surface area is 163 Å². The largest absolute Gasteiger partial charge is 0.459 e. The minimum atomic E-state index is -0.340. The van der Waals surface area contributed by atoms with E-state index in [4.69, 9.17) is 4.42 Å². The number of hydrogen-bond acceptors (Lipinski definition) is 5. The summed E-state index contributed by atoms with van der Waals surface area (Å²) in [5.41, 5.74) is 1.15. The van der Waals surface area contributed by atoms with Crippen molar-refractivity contribution in [2.45, 2.75) is 6.92 Å². The second-order valence-corrected chi connectivity index (χ2v) is 6.53. The van der Waals surface area contributed by atoms with Gasteiger partial charge in [0, 0.05) is 44.0 Å². The van der Waals surface area contributed by atoms with Crippen LogP contribution >= 0.6 is 0 Å². The van der Waals surface area contributed by atoms with Gasteiger partial charge >= 0.3 is 0 Å². The molecule has 0 aliphatic carbocycles. The van der Waals surface area contributed by atoms with Crippen molar-refractivity contribution < 1.29 is 18.8 Å². The minimum Gasteiger partial charge on any atom is -0.459 e. The van der Waals surface area contributed by atoms with Gasteiger partial charge in [0.05, 0.1) is 12.8 Å². The summed E-state index contributed by atoms with van der Waals surface area (Å²) in [6.07, 6.45) is 1.44. The first-order valence-electron chi connectivity index (χ1n) is 9.30. The number of piperazine rings is 1.